The van der Waals surface area contributed by atoms with Gasteiger partial charge in [-0.2, -0.15) is 0 Å². The summed E-state index contributed by atoms with van der Waals surface area (Å²) in [5.41, 5.74) is 0.488. The van der Waals surface area contributed by atoms with Crippen molar-refractivity contribution < 1.29 is 14.6 Å². The minimum atomic E-state index is -0.748. The first-order valence-corrected chi connectivity index (χ1v) is 9.13. The Bertz CT molecular complexity index is 521. The zero-order valence-corrected chi connectivity index (χ0v) is 15.0. The van der Waals surface area contributed by atoms with E-state index in [0.717, 1.165) is 18.9 Å². The highest BCUT2D eigenvalue weighted by Gasteiger charge is 2.26. The van der Waals surface area contributed by atoms with Crippen molar-refractivity contribution >= 4 is 5.97 Å². The van der Waals surface area contributed by atoms with Crippen molar-refractivity contribution in [1.82, 2.24) is 5.32 Å². The van der Waals surface area contributed by atoms with Gasteiger partial charge in [-0.15, -0.1) is 0 Å². The van der Waals surface area contributed by atoms with Crippen LogP contribution in [0.1, 0.15) is 57.9 Å². The van der Waals surface area contributed by atoms with E-state index >= 15 is 0 Å². The van der Waals surface area contributed by atoms with Crippen LogP contribution in [0.4, 0.5) is 0 Å². The van der Waals surface area contributed by atoms with Crippen molar-refractivity contribution in [2.75, 3.05) is 13.2 Å². The lowest BCUT2D eigenvalue weighted by Crippen LogP contribution is -2.28. The van der Waals surface area contributed by atoms with Crippen LogP contribution >= 0.6 is 0 Å². The number of benzene rings is 1. The summed E-state index contributed by atoms with van der Waals surface area (Å²) in [6.07, 6.45) is 7.24. The van der Waals surface area contributed by atoms with Crippen LogP contribution in [0.15, 0.2) is 24.3 Å². The zero-order chi connectivity index (χ0) is 17.4. The fraction of sp³-hybridized carbons (Fsp3) is 0.650. The van der Waals surface area contributed by atoms with Gasteiger partial charge in [-0.05, 0) is 63.3 Å². The maximum Gasteiger partial charge on any atom is 0.309 e. The van der Waals surface area contributed by atoms with Gasteiger partial charge in [0.25, 0.3) is 0 Å². The number of carboxylic acid groups (broad SMARTS) is 1. The second-order valence-corrected chi connectivity index (χ2v) is 7.58. The molecular weight excluding hydrogens is 302 g/mol. The topological polar surface area (TPSA) is 58.6 Å². The second-order valence-electron chi connectivity index (χ2n) is 7.58. The van der Waals surface area contributed by atoms with Gasteiger partial charge in [-0.25, -0.2) is 0 Å². The molecule has 1 aliphatic carbocycles. The Kier molecular flexibility index (Phi) is 7.10. The summed E-state index contributed by atoms with van der Waals surface area (Å²) in [7, 11) is 0. The lowest BCUT2D eigenvalue weighted by Gasteiger charge is -2.21. The average molecular weight is 333 g/mol. The van der Waals surface area contributed by atoms with Crippen molar-refractivity contribution in [3.8, 4) is 5.75 Å². The molecule has 1 aromatic carbocycles. The van der Waals surface area contributed by atoms with Crippen molar-refractivity contribution in [3.05, 3.63) is 29.8 Å². The van der Waals surface area contributed by atoms with Gasteiger partial charge < -0.3 is 15.2 Å². The summed E-state index contributed by atoms with van der Waals surface area (Å²) < 4.78 is 5.97. The number of carbonyl (C=O) groups is 1. The predicted octanol–water partition coefficient (Wildman–Crippen LogP) is 4.24. The van der Waals surface area contributed by atoms with Crippen LogP contribution in [-0.4, -0.2) is 24.2 Å². The van der Waals surface area contributed by atoms with Crippen LogP contribution in [0.2, 0.25) is 0 Å². The van der Waals surface area contributed by atoms with E-state index in [1.165, 1.54) is 37.7 Å². The van der Waals surface area contributed by atoms with Gasteiger partial charge in [0.2, 0.25) is 0 Å². The Morgan fingerprint density at radius 1 is 1.29 bits per heavy atom. The smallest absolute Gasteiger partial charge is 0.309 e. The molecule has 4 heteroatoms. The van der Waals surface area contributed by atoms with Gasteiger partial charge in [0.05, 0.1) is 12.0 Å². The molecule has 0 aromatic heterocycles. The van der Waals surface area contributed by atoms with E-state index in [4.69, 9.17) is 9.84 Å². The SMILES string of the molecule is CC(C)(CCNCc1cccc(OCC2CCCCC2)c1)C(=O)O. The first-order valence-electron chi connectivity index (χ1n) is 9.13. The molecule has 24 heavy (non-hydrogen) atoms. The van der Waals surface area contributed by atoms with E-state index in [1.807, 2.05) is 12.1 Å². The number of nitrogens with one attached hydrogen (secondary N) is 1. The molecule has 0 unspecified atom stereocenters. The number of rotatable bonds is 9. The Balaban J connectivity index is 1.73. The molecule has 0 bridgehead atoms. The van der Waals surface area contributed by atoms with E-state index in [2.05, 4.69) is 17.4 Å². The maximum absolute atomic E-state index is 11.1. The minimum absolute atomic E-state index is 0.611. The van der Waals surface area contributed by atoms with E-state index in [-0.39, 0.29) is 0 Å². The normalized spacial score (nSPS) is 16.1. The summed E-state index contributed by atoms with van der Waals surface area (Å²) in [6.45, 7) is 5.76. The number of hydrogen-bond acceptors (Lipinski definition) is 3. The van der Waals surface area contributed by atoms with Gasteiger partial charge in [0.15, 0.2) is 0 Å². The van der Waals surface area contributed by atoms with Crippen LogP contribution in [0.25, 0.3) is 0 Å². The number of hydrogen-bond donors (Lipinski definition) is 2. The Morgan fingerprint density at radius 3 is 2.75 bits per heavy atom. The fourth-order valence-electron chi connectivity index (χ4n) is 3.05. The van der Waals surface area contributed by atoms with Crippen LogP contribution in [-0.2, 0) is 11.3 Å². The highest BCUT2D eigenvalue weighted by atomic mass is 16.5. The van der Waals surface area contributed by atoms with Gasteiger partial charge in [-0.1, -0.05) is 31.4 Å². The molecule has 0 amide bonds. The lowest BCUT2D eigenvalue weighted by atomic mass is 9.90. The fourth-order valence-corrected chi connectivity index (χ4v) is 3.05. The minimum Gasteiger partial charge on any atom is -0.493 e. The van der Waals surface area contributed by atoms with Crippen molar-refractivity contribution in [2.45, 2.75) is 58.9 Å². The molecule has 1 aromatic rings. The number of aliphatic carboxylic acids is 1. The third-order valence-electron chi connectivity index (χ3n) is 4.94. The van der Waals surface area contributed by atoms with Crippen molar-refractivity contribution in [3.63, 3.8) is 0 Å². The highest BCUT2D eigenvalue weighted by molar-refractivity contribution is 5.73. The van der Waals surface area contributed by atoms with Gasteiger partial charge in [0.1, 0.15) is 5.75 Å². The summed E-state index contributed by atoms with van der Waals surface area (Å²) >= 11 is 0. The molecule has 2 rings (SSSR count). The van der Waals surface area contributed by atoms with Crippen molar-refractivity contribution in [1.29, 1.82) is 0 Å². The van der Waals surface area contributed by atoms with E-state index in [9.17, 15) is 4.79 Å². The molecule has 134 valence electrons. The van der Waals surface area contributed by atoms with Crippen LogP contribution in [0.5, 0.6) is 5.75 Å². The van der Waals surface area contributed by atoms with Crippen molar-refractivity contribution in [2.24, 2.45) is 11.3 Å². The zero-order valence-electron chi connectivity index (χ0n) is 15.0. The quantitative estimate of drug-likeness (QED) is 0.664. The number of ether oxygens (including phenoxy) is 1. The molecule has 1 saturated carbocycles. The molecule has 0 saturated heterocycles. The first kappa shape index (κ1) is 18.8. The monoisotopic (exact) mass is 333 g/mol. The summed E-state index contributed by atoms with van der Waals surface area (Å²) in [6, 6.07) is 8.19. The first-order chi connectivity index (χ1) is 11.5. The summed E-state index contributed by atoms with van der Waals surface area (Å²) in [5.74, 6) is 0.895. The Morgan fingerprint density at radius 2 is 2.04 bits per heavy atom. The molecule has 1 fully saturated rings. The highest BCUT2D eigenvalue weighted by Crippen LogP contribution is 2.25. The van der Waals surface area contributed by atoms with Gasteiger partial charge in [0, 0.05) is 6.54 Å². The molecule has 0 atom stereocenters. The van der Waals surface area contributed by atoms with E-state index in [0.29, 0.717) is 18.9 Å². The third kappa shape index (κ3) is 6.16. The second kappa shape index (κ2) is 9.07. The largest absolute Gasteiger partial charge is 0.493 e. The summed E-state index contributed by atoms with van der Waals surface area (Å²) in [5, 5.41) is 12.4. The van der Waals surface area contributed by atoms with Crippen LogP contribution in [0, 0.1) is 11.3 Å². The lowest BCUT2D eigenvalue weighted by molar-refractivity contribution is -0.147. The van der Waals surface area contributed by atoms with Crippen LogP contribution < -0.4 is 10.1 Å². The van der Waals surface area contributed by atoms with E-state index < -0.39 is 11.4 Å². The standard InChI is InChI=1S/C20H31NO3/c1-20(2,19(22)23)11-12-21-14-17-9-6-10-18(13-17)24-15-16-7-4-3-5-8-16/h6,9-10,13,16,21H,3-5,7-8,11-12,14-15H2,1-2H3,(H,22,23). The summed E-state index contributed by atoms with van der Waals surface area (Å²) in [4.78, 5) is 11.1. The molecular formula is C20H31NO3. The molecule has 0 aliphatic heterocycles. The number of carboxylic acids is 1. The van der Waals surface area contributed by atoms with Gasteiger partial charge >= 0.3 is 5.97 Å². The predicted molar refractivity (Wildman–Crippen MR) is 96.3 cm³/mol. The van der Waals surface area contributed by atoms with Crippen LogP contribution in [0.3, 0.4) is 0 Å². The molecule has 0 radical (unpaired) electrons. The van der Waals surface area contributed by atoms with E-state index in [1.54, 1.807) is 13.8 Å². The molecule has 0 spiro atoms. The molecule has 4 nitrogen and oxygen atoms in total. The molecule has 0 heterocycles. The van der Waals surface area contributed by atoms with Gasteiger partial charge in [-0.3, -0.25) is 4.79 Å². The Labute approximate surface area is 145 Å². The molecule has 2 N–H and O–H groups in total. The maximum atomic E-state index is 11.1. The third-order valence-corrected chi connectivity index (χ3v) is 4.94. The molecule has 1 aliphatic rings. The Hall–Kier alpha value is -1.55. The average Bonchev–Trinajstić information content (AvgIpc) is 2.58.